The summed E-state index contributed by atoms with van der Waals surface area (Å²) in [5.74, 6) is 5.03. The van der Waals surface area contributed by atoms with Gasteiger partial charge in [0.25, 0.3) is 0 Å². The van der Waals surface area contributed by atoms with E-state index in [1.54, 1.807) is 25.1 Å². The molecule has 0 bridgehead atoms. The molecule has 2 N–H and O–H groups in total. The van der Waals surface area contributed by atoms with Gasteiger partial charge in [0.15, 0.2) is 6.19 Å². The maximum atomic E-state index is 8.99. The largest absolute Gasteiger partial charge is 0.497 e. The van der Waals surface area contributed by atoms with Crippen LogP contribution in [0.15, 0.2) is 45.9 Å². The van der Waals surface area contributed by atoms with Crippen LogP contribution in [0.2, 0.25) is 0 Å². The highest BCUT2D eigenvalue weighted by Crippen LogP contribution is 2.26. The predicted molar refractivity (Wildman–Crippen MR) is 133 cm³/mol. The van der Waals surface area contributed by atoms with Gasteiger partial charge in [-0.25, -0.2) is 0 Å². The van der Waals surface area contributed by atoms with Gasteiger partial charge in [0, 0.05) is 11.1 Å². The van der Waals surface area contributed by atoms with Gasteiger partial charge < -0.3 is 24.1 Å². The van der Waals surface area contributed by atoms with Gasteiger partial charge in [0.2, 0.25) is 11.8 Å². The lowest BCUT2D eigenvalue weighted by molar-refractivity contribution is 0.310. The maximum Gasteiger partial charge on any atom is 0.241 e. The number of methoxy groups -OCH3 is 1. The van der Waals surface area contributed by atoms with Crippen molar-refractivity contribution in [1.29, 1.82) is 5.26 Å². The minimum atomic E-state index is 0.319. The highest BCUT2D eigenvalue weighted by molar-refractivity contribution is 7.98. The summed E-state index contributed by atoms with van der Waals surface area (Å²) in [6, 6.07) is 9.65. The molecule has 10 nitrogen and oxygen atoms in total. The lowest BCUT2D eigenvalue weighted by Crippen LogP contribution is -2.37. The molecule has 11 heteroatoms. The molecular weight excluding hydrogens is 454 g/mol. The standard InChI is InChI=1S/C23H29N7O3S/c1-30(2)14-19-6-7-20(33-19)15-34-11-9-26-23(27-16-24)25-8-10-32-22-21-12-18(31-3)5-4-17(21)13-28-29-22/h4-7,12-13H,8-11,14-15H2,1-3H3,(H2,25,26,27). The number of nitrogens with one attached hydrogen (secondary N) is 2. The van der Waals surface area contributed by atoms with Crippen LogP contribution in [0.4, 0.5) is 0 Å². The number of rotatable bonds is 12. The molecule has 0 unspecified atom stereocenters. The Hall–Kier alpha value is -3.49. The lowest BCUT2D eigenvalue weighted by atomic mass is 10.2. The smallest absolute Gasteiger partial charge is 0.241 e. The van der Waals surface area contributed by atoms with Gasteiger partial charge in [-0.3, -0.25) is 10.3 Å². The number of nitrogens with zero attached hydrogens (tertiary/aromatic N) is 5. The Morgan fingerprint density at radius 1 is 1.26 bits per heavy atom. The van der Waals surface area contributed by atoms with Gasteiger partial charge in [0.05, 0.1) is 44.1 Å². The fourth-order valence-corrected chi connectivity index (χ4v) is 3.79. The average Bonchev–Trinajstić information content (AvgIpc) is 3.27. The SMILES string of the molecule is COc1ccc2cnnc(OCCNC(=NCCSCc3ccc(CN(C)C)o3)NC#N)c2c1. The van der Waals surface area contributed by atoms with Gasteiger partial charge in [-0.2, -0.15) is 22.1 Å². The zero-order valence-corrected chi connectivity index (χ0v) is 20.4. The lowest BCUT2D eigenvalue weighted by Gasteiger charge is -2.10. The number of fused-ring (bicyclic) bond motifs is 1. The first-order valence-electron chi connectivity index (χ1n) is 10.7. The average molecular weight is 484 g/mol. The van der Waals surface area contributed by atoms with Crippen LogP contribution in [0, 0.1) is 11.5 Å². The van der Waals surface area contributed by atoms with Crippen molar-refractivity contribution in [3.05, 3.63) is 48.0 Å². The zero-order valence-electron chi connectivity index (χ0n) is 19.6. The molecule has 3 aromatic rings. The van der Waals surface area contributed by atoms with E-state index in [2.05, 4.69) is 30.7 Å². The summed E-state index contributed by atoms with van der Waals surface area (Å²) in [7, 11) is 5.63. The van der Waals surface area contributed by atoms with Gasteiger partial charge in [-0.15, -0.1) is 5.10 Å². The highest BCUT2D eigenvalue weighted by Gasteiger charge is 2.07. The Balaban J connectivity index is 1.41. The number of furan rings is 1. The molecule has 0 saturated heterocycles. The number of thioether (sulfide) groups is 1. The van der Waals surface area contributed by atoms with E-state index >= 15 is 0 Å². The maximum absolute atomic E-state index is 8.99. The van der Waals surface area contributed by atoms with Crippen molar-refractivity contribution in [2.75, 3.05) is 46.7 Å². The summed E-state index contributed by atoms with van der Waals surface area (Å²) in [5, 5.41) is 24.4. The molecule has 180 valence electrons. The molecule has 0 saturated carbocycles. The number of aromatic nitrogens is 2. The molecule has 1 aromatic carbocycles. The van der Waals surface area contributed by atoms with Gasteiger partial charge in [0.1, 0.15) is 23.9 Å². The third-order valence-electron chi connectivity index (χ3n) is 4.58. The molecule has 0 atom stereocenters. The molecule has 0 radical (unpaired) electrons. The van der Waals surface area contributed by atoms with Crippen molar-refractivity contribution < 1.29 is 13.9 Å². The summed E-state index contributed by atoms with van der Waals surface area (Å²) in [6.07, 6.45) is 3.58. The Morgan fingerprint density at radius 3 is 2.91 bits per heavy atom. The number of ether oxygens (including phenoxy) is 2. The van der Waals surface area contributed by atoms with Crippen molar-refractivity contribution in [1.82, 2.24) is 25.7 Å². The molecular formula is C23H29N7O3S. The number of aliphatic imine (C=N–C) groups is 1. The minimum absolute atomic E-state index is 0.319. The van der Waals surface area contributed by atoms with Gasteiger partial charge in [-0.1, -0.05) is 0 Å². The predicted octanol–water partition coefficient (Wildman–Crippen LogP) is 2.62. The fraction of sp³-hybridized carbons (Fsp3) is 0.391. The topological polar surface area (TPSA) is 121 Å². The van der Waals surface area contributed by atoms with Crippen molar-refractivity contribution in [2.24, 2.45) is 4.99 Å². The monoisotopic (exact) mass is 483 g/mol. The first-order chi connectivity index (χ1) is 16.6. The van der Waals surface area contributed by atoms with Gasteiger partial charge in [-0.05, 0) is 44.4 Å². The summed E-state index contributed by atoms with van der Waals surface area (Å²) in [4.78, 5) is 6.49. The van der Waals surface area contributed by atoms with Crippen LogP contribution in [0.3, 0.4) is 0 Å². The number of nitriles is 1. The van der Waals surface area contributed by atoms with Crippen LogP contribution in [-0.2, 0) is 12.3 Å². The molecule has 2 aromatic heterocycles. The first-order valence-corrected chi connectivity index (χ1v) is 11.9. The summed E-state index contributed by atoms with van der Waals surface area (Å²) >= 11 is 1.73. The summed E-state index contributed by atoms with van der Waals surface area (Å²) in [5.41, 5.74) is 0. The van der Waals surface area contributed by atoms with E-state index in [-0.39, 0.29) is 0 Å². The second-order valence-corrected chi connectivity index (χ2v) is 8.61. The van der Waals surface area contributed by atoms with Crippen LogP contribution >= 0.6 is 11.8 Å². The van der Waals surface area contributed by atoms with E-state index in [0.29, 0.717) is 31.5 Å². The molecule has 2 heterocycles. The molecule has 34 heavy (non-hydrogen) atoms. The number of benzene rings is 1. The van der Waals surface area contributed by atoms with Crippen LogP contribution in [0.25, 0.3) is 10.8 Å². The summed E-state index contributed by atoms with van der Waals surface area (Å²) < 4.78 is 16.9. The molecule has 0 spiro atoms. The van der Waals surface area contributed by atoms with Crippen molar-refractivity contribution in [2.45, 2.75) is 12.3 Å². The Morgan fingerprint density at radius 2 is 2.12 bits per heavy atom. The molecule has 0 aliphatic carbocycles. The summed E-state index contributed by atoms with van der Waals surface area (Å²) in [6.45, 7) is 2.10. The van der Waals surface area contributed by atoms with E-state index in [1.165, 1.54) is 0 Å². The van der Waals surface area contributed by atoms with Crippen LogP contribution in [0.5, 0.6) is 11.6 Å². The van der Waals surface area contributed by atoms with Crippen LogP contribution < -0.4 is 20.1 Å². The van der Waals surface area contributed by atoms with Crippen molar-refractivity contribution >= 4 is 28.5 Å². The van der Waals surface area contributed by atoms with Crippen LogP contribution in [-0.4, -0.2) is 67.7 Å². The normalized spacial score (nSPS) is 11.4. The van der Waals surface area contributed by atoms with E-state index in [0.717, 1.165) is 46.1 Å². The molecule has 3 rings (SSSR count). The third-order valence-corrected chi connectivity index (χ3v) is 5.54. The van der Waals surface area contributed by atoms with Crippen molar-refractivity contribution in [3.63, 3.8) is 0 Å². The van der Waals surface area contributed by atoms with Gasteiger partial charge >= 0.3 is 0 Å². The molecule has 0 aliphatic heterocycles. The van der Waals surface area contributed by atoms with E-state index in [1.807, 2.05) is 50.6 Å². The Bertz CT molecular complexity index is 1130. The first kappa shape index (κ1) is 25.1. The highest BCUT2D eigenvalue weighted by atomic mass is 32.2. The van der Waals surface area contributed by atoms with E-state index in [4.69, 9.17) is 19.2 Å². The number of guanidine groups is 1. The number of hydrogen-bond donors (Lipinski definition) is 2. The fourth-order valence-electron chi connectivity index (χ4n) is 3.07. The number of hydrogen-bond acceptors (Lipinski definition) is 9. The Labute approximate surface area is 203 Å². The zero-order chi connectivity index (χ0) is 24.2. The minimum Gasteiger partial charge on any atom is -0.497 e. The van der Waals surface area contributed by atoms with E-state index in [9.17, 15) is 0 Å². The molecule has 0 aliphatic rings. The Kier molecular flexibility index (Phi) is 9.81. The molecule has 0 fully saturated rings. The van der Waals surface area contributed by atoms with Crippen LogP contribution in [0.1, 0.15) is 11.5 Å². The second kappa shape index (κ2) is 13.3. The van der Waals surface area contributed by atoms with E-state index < -0.39 is 0 Å². The quantitative estimate of drug-likeness (QED) is 0.131. The third kappa shape index (κ3) is 7.83. The second-order valence-electron chi connectivity index (χ2n) is 7.50. The molecule has 0 amide bonds. The van der Waals surface area contributed by atoms with Crippen molar-refractivity contribution in [3.8, 4) is 17.8 Å².